The normalized spacial score (nSPS) is 29.1. The van der Waals surface area contributed by atoms with Crippen LogP contribution in [0.3, 0.4) is 0 Å². The summed E-state index contributed by atoms with van der Waals surface area (Å²) in [4.78, 5) is 13.1. The largest absolute Gasteiger partial charge is 0.394 e. The van der Waals surface area contributed by atoms with Crippen LogP contribution in [0.4, 0.5) is 0 Å². The zero-order chi connectivity index (χ0) is 42.5. The first-order chi connectivity index (χ1) is 28.1. The van der Waals surface area contributed by atoms with Gasteiger partial charge >= 0.3 is 0 Å². The molecule has 1 amide bonds. The van der Waals surface area contributed by atoms with Gasteiger partial charge in [-0.2, -0.15) is 0 Å². The van der Waals surface area contributed by atoms with Gasteiger partial charge in [0.15, 0.2) is 12.6 Å². The molecule has 12 atom stereocenters. The van der Waals surface area contributed by atoms with Crippen LogP contribution in [-0.4, -0.2) is 140 Å². The van der Waals surface area contributed by atoms with Gasteiger partial charge in [-0.15, -0.1) is 0 Å². The molecule has 14 nitrogen and oxygen atoms in total. The van der Waals surface area contributed by atoms with Gasteiger partial charge in [0, 0.05) is 6.42 Å². The van der Waals surface area contributed by atoms with Gasteiger partial charge in [-0.1, -0.05) is 127 Å². The topological polar surface area (TPSA) is 228 Å². The third-order valence-corrected chi connectivity index (χ3v) is 10.9. The third kappa shape index (κ3) is 20.2. The van der Waals surface area contributed by atoms with Gasteiger partial charge in [-0.05, 0) is 44.9 Å². The van der Waals surface area contributed by atoms with E-state index in [1.54, 1.807) is 0 Å². The lowest BCUT2D eigenvalue weighted by Gasteiger charge is -2.46. The molecule has 0 aromatic heterocycles. The molecule has 2 fully saturated rings. The molecule has 0 aliphatic carbocycles. The molecule has 0 saturated carbocycles. The molecule has 12 unspecified atom stereocenters. The molecule has 9 N–H and O–H groups in total. The van der Waals surface area contributed by atoms with Crippen molar-refractivity contribution < 1.29 is 64.6 Å². The molecule has 0 bridgehead atoms. The van der Waals surface area contributed by atoms with E-state index in [2.05, 4.69) is 55.6 Å². The first-order valence-electron chi connectivity index (χ1n) is 22.2. The fourth-order valence-electron chi connectivity index (χ4n) is 7.19. The van der Waals surface area contributed by atoms with Crippen LogP contribution in [-0.2, 0) is 23.7 Å². The number of rotatable bonds is 32. The number of hydrogen-bond donors (Lipinski definition) is 9. The van der Waals surface area contributed by atoms with E-state index >= 15 is 0 Å². The Bertz CT molecular complexity index is 1120. The predicted molar refractivity (Wildman–Crippen MR) is 221 cm³/mol. The third-order valence-electron chi connectivity index (χ3n) is 10.9. The number of hydrogen-bond acceptors (Lipinski definition) is 13. The zero-order valence-corrected chi connectivity index (χ0v) is 35.3. The van der Waals surface area contributed by atoms with Crippen molar-refractivity contribution in [2.24, 2.45) is 0 Å². The summed E-state index contributed by atoms with van der Waals surface area (Å²) in [5.74, 6) is -0.240. The van der Waals surface area contributed by atoms with E-state index in [1.807, 2.05) is 0 Å². The van der Waals surface area contributed by atoms with Gasteiger partial charge in [0.25, 0.3) is 0 Å². The van der Waals surface area contributed by atoms with E-state index < -0.39 is 86.8 Å². The molecule has 338 valence electrons. The van der Waals surface area contributed by atoms with E-state index in [9.17, 15) is 45.6 Å². The first-order valence-corrected chi connectivity index (χ1v) is 22.2. The summed E-state index contributed by atoms with van der Waals surface area (Å²) in [5.41, 5.74) is 0. The minimum absolute atomic E-state index is 0.240. The average molecular weight is 830 g/mol. The fourth-order valence-corrected chi connectivity index (χ4v) is 7.19. The maximum Gasteiger partial charge on any atom is 0.220 e. The summed E-state index contributed by atoms with van der Waals surface area (Å²) in [6.07, 6.45) is 15.9. The summed E-state index contributed by atoms with van der Waals surface area (Å²) in [6, 6.07) is -0.840. The number of nitrogens with one attached hydrogen (secondary N) is 1. The Balaban J connectivity index is 1.91. The zero-order valence-electron chi connectivity index (χ0n) is 35.3. The lowest BCUT2D eigenvalue weighted by molar-refractivity contribution is -0.359. The smallest absolute Gasteiger partial charge is 0.220 e. The highest BCUT2D eigenvalue weighted by Gasteiger charge is 2.51. The first kappa shape index (κ1) is 52.3. The second-order valence-electron chi connectivity index (χ2n) is 15.8. The quantitative estimate of drug-likeness (QED) is 0.0346. The molecule has 14 heteroatoms. The van der Waals surface area contributed by atoms with Crippen LogP contribution in [0, 0.1) is 0 Å². The van der Waals surface area contributed by atoms with Gasteiger partial charge in [0.2, 0.25) is 5.91 Å². The monoisotopic (exact) mass is 830 g/mol. The second kappa shape index (κ2) is 32.0. The Morgan fingerprint density at radius 1 is 0.638 bits per heavy atom. The van der Waals surface area contributed by atoms with Crippen LogP contribution in [0.15, 0.2) is 36.5 Å². The Labute approximate surface area is 347 Å². The van der Waals surface area contributed by atoms with Gasteiger partial charge in [0.1, 0.15) is 48.8 Å². The van der Waals surface area contributed by atoms with Crippen molar-refractivity contribution in [1.29, 1.82) is 0 Å². The number of aliphatic hydroxyl groups excluding tert-OH is 8. The molecule has 2 aliphatic rings. The molecule has 0 aromatic carbocycles. The van der Waals surface area contributed by atoms with Crippen molar-refractivity contribution in [3.8, 4) is 0 Å². The molecule has 2 rings (SSSR count). The molecule has 0 aromatic rings. The number of carbonyl (C=O) groups excluding carboxylic acids is 1. The van der Waals surface area contributed by atoms with E-state index in [4.69, 9.17) is 18.9 Å². The summed E-state index contributed by atoms with van der Waals surface area (Å²) in [6.45, 7) is 2.66. The van der Waals surface area contributed by atoms with Crippen molar-refractivity contribution in [3.63, 3.8) is 0 Å². The van der Waals surface area contributed by atoms with E-state index in [1.165, 1.54) is 44.9 Å². The highest BCUT2D eigenvalue weighted by Crippen LogP contribution is 2.30. The molecular weight excluding hydrogens is 750 g/mol. The fraction of sp³-hybridized carbons (Fsp3) is 0.841. The molecule has 58 heavy (non-hydrogen) atoms. The molecule has 0 spiro atoms. The lowest BCUT2D eigenvalue weighted by Crippen LogP contribution is -2.65. The van der Waals surface area contributed by atoms with Gasteiger partial charge in [0.05, 0.1) is 32.0 Å². The van der Waals surface area contributed by atoms with E-state index in [0.717, 1.165) is 64.2 Å². The number of allylic oxidation sites excluding steroid dienone is 6. The highest BCUT2D eigenvalue weighted by atomic mass is 16.7. The number of unbranched alkanes of at least 4 members (excludes halogenated alkanes) is 13. The number of amides is 1. The average Bonchev–Trinajstić information content (AvgIpc) is 3.22. The van der Waals surface area contributed by atoms with Crippen molar-refractivity contribution >= 4 is 5.91 Å². The predicted octanol–water partition coefficient (Wildman–Crippen LogP) is 3.98. The standard InChI is InChI=1S/C44H79NO13/c1-3-5-7-9-11-13-15-16-18-20-22-24-26-28-36(49)45-32(33(48)27-25-23-21-19-17-14-12-10-8-6-4-2)31-55-43-41(54)39(52)42(35(30-47)57-43)58-44-40(53)38(51)37(50)34(29-46)56-44/h5,7,11,13,16,18,32-35,37-44,46-48,50-54H,3-4,6,8-10,12,14-15,17,19-31H2,1-2H3,(H,45,49)/b7-5-,13-11-,18-16-. The minimum atomic E-state index is -1.78. The Hall–Kier alpha value is -1.79. The summed E-state index contributed by atoms with van der Waals surface area (Å²) < 4.78 is 22.6. The summed E-state index contributed by atoms with van der Waals surface area (Å²) in [7, 11) is 0. The Morgan fingerprint density at radius 2 is 1.19 bits per heavy atom. The maximum absolute atomic E-state index is 13.1. The number of carbonyl (C=O) groups is 1. The number of ether oxygens (including phenoxy) is 4. The SMILES string of the molecule is CC/C=C\C/C=C\C/C=C\CCCCCC(=O)NC(COC1OC(CO)C(OC2OC(CO)C(O)C(O)C2O)C(O)C1O)C(O)CCCCCCCCCCCCC. The molecule has 0 radical (unpaired) electrons. The van der Waals surface area contributed by atoms with Crippen molar-refractivity contribution in [3.05, 3.63) is 36.5 Å². The highest BCUT2D eigenvalue weighted by molar-refractivity contribution is 5.76. The molecule has 2 saturated heterocycles. The van der Waals surface area contributed by atoms with Crippen LogP contribution < -0.4 is 5.32 Å². The van der Waals surface area contributed by atoms with Crippen molar-refractivity contribution in [2.45, 2.75) is 216 Å². The summed E-state index contributed by atoms with van der Waals surface area (Å²) >= 11 is 0. The lowest BCUT2D eigenvalue weighted by atomic mass is 9.97. The molecule has 2 aliphatic heterocycles. The van der Waals surface area contributed by atoms with Gasteiger partial charge < -0.3 is 65.1 Å². The van der Waals surface area contributed by atoms with Crippen LogP contribution in [0.25, 0.3) is 0 Å². The Morgan fingerprint density at radius 3 is 1.81 bits per heavy atom. The van der Waals surface area contributed by atoms with Crippen LogP contribution >= 0.6 is 0 Å². The van der Waals surface area contributed by atoms with E-state index in [-0.39, 0.29) is 18.9 Å². The van der Waals surface area contributed by atoms with Crippen LogP contribution in [0.2, 0.25) is 0 Å². The second-order valence-corrected chi connectivity index (χ2v) is 15.8. The van der Waals surface area contributed by atoms with E-state index in [0.29, 0.717) is 12.8 Å². The van der Waals surface area contributed by atoms with Crippen molar-refractivity contribution in [2.75, 3.05) is 19.8 Å². The van der Waals surface area contributed by atoms with Gasteiger partial charge in [-0.3, -0.25) is 4.79 Å². The number of aliphatic hydroxyl groups is 8. The van der Waals surface area contributed by atoms with Gasteiger partial charge in [-0.25, -0.2) is 0 Å². The Kier molecular flexibility index (Phi) is 28.9. The molecule has 2 heterocycles. The maximum atomic E-state index is 13.1. The minimum Gasteiger partial charge on any atom is -0.394 e. The van der Waals surface area contributed by atoms with Crippen LogP contribution in [0.1, 0.15) is 142 Å². The summed E-state index contributed by atoms with van der Waals surface area (Å²) in [5, 5.41) is 86.5. The van der Waals surface area contributed by atoms with Crippen molar-refractivity contribution in [1.82, 2.24) is 5.32 Å². The van der Waals surface area contributed by atoms with Crippen LogP contribution in [0.5, 0.6) is 0 Å². The molecular formula is C44H79NO13.